The molecule has 39 heavy (non-hydrogen) atoms. The normalized spacial score (nSPS) is 18.7. The van der Waals surface area contributed by atoms with E-state index in [0.717, 1.165) is 64.4 Å². The lowest BCUT2D eigenvalue weighted by Gasteiger charge is -2.40. The van der Waals surface area contributed by atoms with Crippen LogP contribution < -0.4 is 5.32 Å². The molecule has 1 amide bonds. The first-order chi connectivity index (χ1) is 18.5. The summed E-state index contributed by atoms with van der Waals surface area (Å²) in [6.45, 7) is 6.93. The number of hydrogen-bond acceptors (Lipinski definition) is 5. The second-order valence-corrected chi connectivity index (χ2v) is 14.2. The Morgan fingerprint density at radius 1 is 1.10 bits per heavy atom. The Morgan fingerprint density at radius 2 is 1.79 bits per heavy atom. The lowest BCUT2D eigenvalue weighted by molar-refractivity contribution is -0.137. The first-order valence-electron chi connectivity index (χ1n) is 13.4. The molecular formula is C28H37ClF3N3O3S. The van der Waals surface area contributed by atoms with Gasteiger partial charge in [-0.15, -0.1) is 0 Å². The van der Waals surface area contributed by atoms with Gasteiger partial charge in [-0.3, -0.25) is 18.8 Å². The van der Waals surface area contributed by atoms with Gasteiger partial charge in [0.15, 0.2) is 0 Å². The second kappa shape index (κ2) is 12.7. The molecule has 0 saturated carbocycles. The lowest BCUT2D eigenvalue weighted by Crippen LogP contribution is -2.51. The van der Waals surface area contributed by atoms with E-state index in [9.17, 15) is 22.2 Å². The van der Waals surface area contributed by atoms with E-state index in [1.54, 1.807) is 24.5 Å². The first kappa shape index (κ1) is 30.0. The number of benzene rings is 2. The third-order valence-electron chi connectivity index (χ3n) is 7.70. The molecule has 216 valence electrons. The van der Waals surface area contributed by atoms with E-state index in [4.69, 9.17) is 16.3 Å². The Bertz CT molecular complexity index is 1210. The average Bonchev–Trinajstić information content (AvgIpc) is 2.92. The van der Waals surface area contributed by atoms with Gasteiger partial charge in [0.25, 0.3) is 5.91 Å². The zero-order chi connectivity index (χ0) is 28.2. The van der Waals surface area contributed by atoms with Crippen LogP contribution in [0.2, 0.25) is 5.02 Å². The van der Waals surface area contributed by atoms with Crippen LogP contribution in [-0.2, 0) is 33.9 Å². The number of amides is 1. The van der Waals surface area contributed by atoms with Gasteiger partial charge in [-0.2, -0.15) is 13.2 Å². The molecule has 6 nitrogen and oxygen atoms in total. The van der Waals surface area contributed by atoms with Crippen LogP contribution in [0.1, 0.15) is 46.8 Å². The van der Waals surface area contributed by atoms with Gasteiger partial charge in [0, 0.05) is 79.8 Å². The molecule has 2 aromatic carbocycles. The van der Waals surface area contributed by atoms with Gasteiger partial charge in [0.2, 0.25) is 0 Å². The fourth-order valence-corrected chi connectivity index (χ4v) is 6.95. The van der Waals surface area contributed by atoms with Gasteiger partial charge in [0.05, 0.1) is 5.56 Å². The Labute approximate surface area is 234 Å². The largest absolute Gasteiger partial charge is 0.416 e. The van der Waals surface area contributed by atoms with Crippen LogP contribution in [0.3, 0.4) is 0 Å². The summed E-state index contributed by atoms with van der Waals surface area (Å²) in [6, 6.07) is 9.03. The fourth-order valence-electron chi connectivity index (χ4n) is 5.28. The van der Waals surface area contributed by atoms with Crippen LogP contribution in [0, 0.1) is 0 Å². The Hall–Kier alpha value is -1.98. The summed E-state index contributed by atoms with van der Waals surface area (Å²) < 4.78 is 59.8. The lowest BCUT2D eigenvalue weighted by atomic mass is 10.0. The van der Waals surface area contributed by atoms with Crippen LogP contribution in [-0.4, -0.2) is 77.4 Å². The molecule has 1 N–H and O–H groups in total. The van der Waals surface area contributed by atoms with Crippen molar-refractivity contribution in [1.29, 1.82) is 0 Å². The maximum absolute atomic E-state index is 13.8. The van der Waals surface area contributed by atoms with Crippen molar-refractivity contribution in [1.82, 2.24) is 15.1 Å². The highest BCUT2D eigenvalue weighted by molar-refractivity contribution is 8.02. The molecule has 0 radical (unpaired) electrons. The minimum absolute atomic E-state index is 0.00625. The number of piperazine rings is 1. The molecule has 0 atom stereocenters. The molecule has 11 heteroatoms. The monoisotopic (exact) mass is 587 g/mol. The topological polar surface area (TPSA) is 61.9 Å². The van der Waals surface area contributed by atoms with E-state index in [-0.39, 0.29) is 12.1 Å². The number of nitrogens with zero attached hydrogens (tertiary/aromatic N) is 2. The van der Waals surface area contributed by atoms with Crippen LogP contribution in [0.15, 0.2) is 41.3 Å². The summed E-state index contributed by atoms with van der Waals surface area (Å²) >= 11 is 6.14. The number of carbonyl (C=O) groups excluding carboxylic acids is 1. The quantitative estimate of drug-likeness (QED) is 0.442. The summed E-state index contributed by atoms with van der Waals surface area (Å²) in [5.41, 5.74) is 0.137. The number of hydrogen-bond donors (Lipinski definition) is 2. The first-order valence-corrected chi connectivity index (χ1v) is 16.1. The molecule has 2 aliphatic heterocycles. The maximum atomic E-state index is 13.8. The Morgan fingerprint density at radius 3 is 2.44 bits per heavy atom. The predicted octanol–water partition coefficient (Wildman–Crippen LogP) is 4.61. The number of nitrogens with one attached hydrogen (secondary N) is 1. The zero-order valence-corrected chi connectivity index (χ0v) is 24.0. The minimum atomic E-state index is -4.58. The van der Waals surface area contributed by atoms with Crippen molar-refractivity contribution in [3.05, 3.63) is 63.7 Å². The number of rotatable bonds is 8. The molecule has 2 aliphatic rings. The third-order valence-corrected chi connectivity index (χ3v) is 10.6. The number of ether oxygens (including phenoxy) is 1. The molecule has 0 bridgehead atoms. The Kier molecular flexibility index (Phi) is 9.75. The predicted molar refractivity (Wildman–Crippen MR) is 149 cm³/mol. The zero-order valence-electron chi connectivity index (χ0n) is 22.4. The van der Waals surface area contributed by atoms with E-state index in [2.05, 4.69) is 15.1 Å². The molecule has 0 aliphatic carbocycles. The van der Waals surface area contributed by atoms with E-state index < -0.39 is 27.6 Å². The number of alkyl halides is 3. The van der Waals surface area contributed by atoms with E-state index in [1.165, 1.54) is 6.07 Å². The summed E-state index contributed by atoms with van der Waals surface area (Å²) in [4.78, 5) is 18.3. The highest BCUT2D eigenvalue weighted by Crippen LogP contribution is 2.31. The minimum Gasteiger partial charge on any atom is -0.381 e. The number of thiol groups is 1. The van der Waals surface area contributed by atoms with Crippen LogP contribution in [0.25, 0.3) is 0 Å². The highest BCUT2D eigenvalue weighted by Gasteiger charge is 2.32. The van der Waals surface area contributed by atoms with Crippen LogP contribution in [0.4, 0.5) is 13.2 Å². The van der Waals surface area contributed by atoms with E-state index in [1.807, 2.05) is 6.92 Å². The average molecular weight is 588 g/mol. The Balaban J connectivity index is 1.47. The molecule has 0 aromatic heterocycles. The van der Waals surface area contributed by atoms with Crippen molar-refractivity contribution in [3.63, 3.8) is 0 Å². The van der Waals surface area contributed by atoms with Crippen molar-refractivity contribution in [2.45, 2.75) is 50.0 Å². The van der Waals surface area contributed by atoms with E-state index in [0.29, 0.717) is 39.4 Å². The standard InChI is InChI=1S/C28H37ClF3N3O3S/c1-3-39(2,37)26-5-4-24(29)17-22(26)18-33-27(36)21-14-20(15-23(16-21)28(30,31)32)19-34-8-10-35(11-9-34)25-6-12-38-13-7-25/h4-5,14-17,25,39H,3,6-13,18-19H2,1-2H3,(H,33,36). The fraction of sp³-hybridized carbons (Fsp3) is 0.536. The van der Waals surface area contributed by atoms with Gasteiger partial charge >= 0.3 is 6.18 Å². The van der Waals surface area contributed by atoms with Crippen molar-refractivity contribution in [3.8, 4) is 0 Å². The van der Waals surface area contributed by atoms with Crippen molar-refractivity contribution >= 4 is 27.4 Å². The summed E-state index contributed by atoms with van der Waals surface area (Å²) in [7, 11) is -2.66. The van der Waals surface area contributed by atoms with Gasteiger partial charge in [-0.05, 0) is 66.6 Å². The van der Waals surface area contributed by atoms with Gasteiger partial charge < -0.3 is 10.1 Å². The molecule has 4 rings (SSSR count). The molecule has 2 aromatic rings. The van der Waals surface area contributed by atoms with Gasteiger partial charge in [-0.25, -0.2) is 0 Å². The molecule has 0 unspecified atom stereocenters. The molecule has 0 spiro atoms. The molecular weight excluding hydrogens is 551 g/mol. The second-order valence-electron chi connectivity index (χ2n) is 10.4. The molecule has 2 fully saturated rings. The van der Waals surface area contributed by atoms with E-state index >= 15 is 0 Å². The summed E-state index contributed by atoms with van der Waals surface area (Å²) in [6.07, 6.45) is -0.888. The van der Waals surface area contributed by atoms with Crippen molar-refractivity contribution in [2.24, 2.45) is 0 Å². The SMILES string of the molecule is CC[SH](C)(=O)c1ccc(Cl)cc1CNC(=O)c1cc(CN2CCN(C3CCOCC3)CC2)cc(C(F)(F)F)c1. The smallest absolute Gasteiger partial charge is 0.381 e. The number of halogens is 4. The van der Waals surface area contributed by atoms with Crippen molar-refractivity contribution < 1.29 is 26.9 Å². The highest BCUT2D eigenvalue weighted by atomic mass is 35.5. The molecule has 2 saturated heterocycles. The maximum Gasteiger partial charge on any atom is 0.416 e. The summed E-state index contributed by atoms with van der Waals surface area (Å²) in [5.74, 6) is -0.185. The third kappa shape index (κ3) is 7.82. The van der Waals surface area contributed by atoms with Gasteiger partial charge in [-0.1, -0.05) is 28.5 Å². The summed E-state index contributed by atoms with van der Waals surface area (Å²) in [5, 5.41) is 3.14. The number of carbonyl (C=O) groups is 1. The molecule has 2 heterocycles. The van der Waals surface area contributed by atoms with Crippen molar-refractivity contribution in [2.75, 3.05) is 51.4 Å². The van der Waals surface area contributed by atoms with Crippen LogP contribution >= 0.6 is 11.6 Å². The van der Waals surface area contributed by atoms with Gasteiger partial charge in [0.1, 0.15) is 0 Å². The van der Waals surface area contributed by atoms with Crippen LogP contribution in [0.5, 0.6) is 0 Å².